The van der Waals surface area contributed by atoms with Crippen molar-refractivity contribution < 1.29 is 29.0 Å². The number of carbonyl (C=O) groups is 3. The summed E-state index contributed by atoms with van der Waals surface area (Å²) in [5.74, 6) is -2.72. The molecule has 4 aliphatic rings. The van der Waals surface area contributed by atoms with E-state index in [-0.39, 0.29) is 25.0 Å². The maximum absolute atomic E-state index is 14.4. The minimum Gasteiger partial charge on any atom is -0.465 e. The first-order chi connectivity index (χ1) is 17.2. The Morgan fingerprint density at radius 2 is 1.78 bits per heavy atom. The number of unbranched alkanes of at least 4 members (excludes halogenated alkanes) is 1. The number of benzene rings is 1. The molecule has 0 aliphatic carbocycles. The van der Waals surface area contributed by atoms with Gasteiger partial charge in [-0.05, 0) is 51.2 Å². The summed E-state index contributed by atoms with van der Waals surface area (Å²) in [7, 11) is 0. The van der Waals surface area contributed by atoms with Gasteiger partial charge in [-0.1, -0.05) is 42.5 Å². The molecule has 0 saturated carbocycles. The lowest BCUT2D eigenvalue weighted by Gasteiger charge is -2.38. The second kappa shape index (κ2) is 9.16. The lowest BCUT2D eigenvalue weighted by Crippen LogP contribution is -2.56. The second-order valence-corrected chi connectivity index (χ2v) is 10.4. The predicted molar refractivity (Wildman–Crippen MR) is 133 cm³/mol. The van der Waals surface area contributed by atoms with E-state index in [4.69, 9.17) is 9.47 Å². The Morgan fingerprint density at radius 1 is 1.03 bits per heavy atom. The van der Waals surface area contributed by atoms with Crippen molar-refractivity contribution in [3.05, 3.63) is 53.6 Å². The summed E-state index contributed by atoms with van der Waals surface area (Å²) >= 11 is 0. The number of amides is 2. The van der Waals surface area contributed by atoms with Gasteiger partial charge in [-0.15, -0.1) is 0 Å². The summed E-state index contributed by atoms with van der Waals surface area (Å²) in [4.78, 5) is 45.1. The van der Waals surface area contributed by atoms with Crippen LogP contribution in [0.1, 0.15) is 37.3 Å². The van der Waals surface area contributed by atoms with Gasteiger partial charge in [0.2, 0.25) is 5.91 Å². The number of cyclic esters (lactones) is 1. The Kier molecular flexibility index (Phi) is 6.29. The van der Waals surface area contributed by atoms with Crippen LogP contribution in [-0.2, 0) is 23.9 Å². The van der Waals surface area contributed by atoms with Crippen molar-refractivity contribution in [3.63, 3.8) is 0 Å². The first kappa shape index (κ1) is 24.7. The average Bonchev–Trinajstić information content (AvgIpc) is 3.14. The smallest absolute Gasteiger partial charge is 0.313 e. The molecular formula is C28H34N2O6. The molecule has 1 N–H and O–H groups in total. The molecule has 1 aromatic rings. The minimum absolute atomic E-state index is 0.00202. The van der Waals surface area contributed by atoms with E-state index in [1.807, 2.05) is 56.4 Å². The van der Waals surface area contributed by atoms with Crippen LogP contribution in [0, 0.1) is 25.7 Å². The quantitative estimate of drug-likeness (QED) is 0.384. The lowest BCUT2D eigenvalue weighted by atomic mass is 9.74. The van der Waals surface area contributed by atoms with Crippen molar-refractivity contribution in [2.45, 2.75) is 57.3 Å². The number of ether oxygens (including phenoxy) is 2. The molecule has 2 saturated heterocycles. The first-order valence-corrected chi connectivity index (χ1v) is 12.8. The van der Waals surface area contributed by atoms with E-state index in [1.54, 1.807) is 16.7 Å². The molecule has 1 unspecified atom stereocenters. The number of fused-ring (bicyclic) bond motifs is 2. The van der Waals surface area contributed by atoms with Gasteiger partial charge in [0.15, 0.2) is 0 Å². The summed E-state index contributed by atoms with van der Waals surface area (Å²) in [5, 5.41) is 9.34. The monoisotopic (exact) mass is 494 g/mol. The molecule has 0 radical (unpaired) electrons. The summed E-state index contributed by atoms with van der Waals surface area (Å²) < 4.78 is 12.3. The van der Waals surface area contributed by atoms with Gasteiger partial charge >= 0.3 is 5.97 Å². The van der Waals surface area contributed by atoms with E-state index in [0.717, 1.165) is 16.8 Å². The number of carbonyl (C=O) groups excluding carboxylic acids is 3. The van der Waals surface area contributed by atoms with Gasteiger partial charge in [-0.3, -0.25) is 14.4 Å². The fourth-order valence-electron chi connectivity index (χ4n) is 6.55. The number of anilines is 1. The van der Waals surface area contributed by atoms with Crippen LogP contribution in [0.5, 0.6) is 0 Å². The number of aryl methyl sites for hydroxylation is 2. The number of likely N-dealkylation sites (tertiary alicyclic amines) is 1. The van der Waals surface area contributed by atoms with Crippen LogP contribution in [0.15, 0.2) is 42.5 Å². The van der Waals surface area contributed by atoms with Gasteiger partial charge in [0.1, 0.15) is 17.6 Å². The summed E-state index contributed by atoms with van der Waals surface area (Å²) in [6.45, 7) is 6.61. The number of aliphatic hydroxyl groups is 1. The molecule has 2 fully saturated rings. The number of para-hydroxylation sites is 1. The van der Waals surface area contributed by atoms with Crippen molar-refractivity contribution in [1.82, 2.24) is 4.90 Å². The van der Waals surface area contributed by atoms with E-state index in [2.05, 4.69) is 0 Å². The normalized spacial score (nSPS) is 33.6. The maximum atomic E-state index is 14.4. The number of hydrogen-bond acceptors (Lipinski definition) is 6. The third-order valence-electron chi connectivity index (χ3n) is 8.04. The van der Waals surface area contributed by atoms with Crippen LogP contribution in [-0.4, -0.2) is 71.3 Å². The van der Waals surface area contributed by atoms with Gasteiger partial charge in [0, 0.05) is 25.4 Å². The summed E-state index contributed by atoms with van der Waals surface area (Å²) in [6, 6.07) is 4.96. The fourth-order valence-corrected chi connectivity index (χ4v) is 6.55. The Labute approximate surface area is 211 Å². The molecule has 192 valence electrons. The van der Waals surface area contributed by atoms with Crippen LogP contribution in [0.25, 0.3) is 0 Å². The molecule has 0 bridgehead atoms. The predicted octanol–water partition coefficient (Wildman–Crippen LogP) is 2.45. The highest BCUT2D eigenvalue weighted by Crippen LogP contribution is 2.57. The number of hydrogen-bond donors (Lipinski definition) is 1. The summed E-state index contributed by atoms with van der Waals surface area (Å²) in [6.07, 6.45) is 9.11. The van der Waals surface area contributed by atoms with Crippen LogP contribution in [0.4, 0.5) is 5.69 Å². The molecule has 4 aliphatic heterocycles. The van der Waals surface area contributed by atoms with Crippen molar-refractivity contribution in [2.24, 2.45) is 11.8 Å². The van der Waals surface area contributed by atoms with E-state index in [0.29, 0.717) is 32.4 Å². The molecule has 0 aromatic heterocycles. The first-order valence-electron chi connectivity index (χ1n) is 12.8. The van der Waals surface area contributed by atoms with Crippen LogP contribution in [0.3, 0.4) is 0 Å². The zero-order valence-corrected chi connectivity index (χ0v) is 21.1. The zero-order valence-electron chi connectivity index (χ0n) is 21.1. The maximum Gasteiger partial charge on any atom is 0.313 e. The Hall–Kier alpha value is -2.97. The molecule has 8 nitrogen and oxygen atoms in total. The van der Waals surface area contributed by atoms with Crippen molar-refractivity contribution >= 4 is 23.5 Å². The van der Waals surface area contributed by atoms with E-state index >= 15 is 0 Å². The van der Waals surface area contributed by atoms with Gasteiger partial charge in [0.05, 0.1) is 18.1 Å². The third-order valence-corrected chi connectivity index (χ3v) is 8.04. The molecule has 8 heteroatoms. The van der Waals surface area contributed by atoms with Gasteiger partial charge in [-0.25, -0.2) is 0 Å². The highest BCUT2D eigenvalue weighted by atomic mass is 16.6. The number of aliphatic hydroxyl groups excluding tert-OH is 1. The molecule has 1 spiro atoms. The molecular weight excluding hydrogens is 460 g/mol. The van der Waals surface area contributed by atoms with E-state index < -0.39 is 35.0 Å². The Morgan fingerprint density at radius 3 is 2.50 bits per heavy atom. The van der Waals surface area contributed by atoms with E-state index in [1.165, 1.54) is 0 Å². The van der Waals surface area contributed by atoms with Crippen molar-refractivity contribution in [1.29, 1.82) is 0 Å². The molecule has 5 rings (SSSR count). The largest absolute Gasteiger partial charge is 0.465 e. The third kappa shape index (κ3) is 3.61. The average molecular weight is 495 g/mol. The van der Waals surface area contributed by atoms with Gasteiger partial charge < -0.3 is 24.4 Å². The number of rotatable bonds is 5. The second-order valence-electron chi connectivity index (χ2n) is 10.4. The number of esters is 1. The molecule has 5 atom stereocenters. The van der Waals surface area contributed by atoms with Crippen LogP contribution < -0.4 is 4.90 Å². The highest BCUT2D eigenvalue weighted by molar-refractivity contribution is 6.06. The molecule has 36 heavy (non-hydrogen) atoms. The highest BCUT2D eigenvalue weighted by Gasteiger charge is 2.74. The standard InChI is InChI=1S/C28H34N2O6/c1-18-10-8-11-19(2)22(18)29-15-9-13-28-20(21-26(34)35-17-7-4-12-27(21,3)36-28)24(32)30(14-5-6-16-31)23(28)25(29)33/h4,8-13,20-21,23,31H,5-7,14-17H2,1-3H3/t20-,21-,23?,27+,28-/m0/s1. The van der Waals surface area contributed by atoms with Gasteiger partial charge in [-0.2, -0.15) is 0 Å². The molecule has 1 aromatic carbocycles. The lowest BCUT2D eigenvalue weighted by molar-refractivity contribution is -0.159. The van der Waals surface area contributed by atoms with Crippen LogP contribution in [0.2, 0.25) is 0 Å². The fraction of sp³-hybridized carbons (Fsp3) is 0.536. The van der Waals surface area contributed by atoms with Gasteiger partial charge in [0.25, 0.3) is 5.91 Å². The minimum atomic E-state index is -1.30. The van der Waals surface area contributed by atoms with Crippen LogP contribution >= 0.6 is 0 Å². The number of nitrogens with zero attached hydrogens (tertiary/aromatic N) is 2. The van der Waals surface area contributed by atoms with Crippen molar-refractivity contribution in [3.8, 4) is 0 Å². The Bertz CT molecular complexity index is 1120. The van der Waals surface area contributed by atoms with E-state index in [9.17, 15) is 19.5 Å². The zero-order chi connectivity index (χ0) is 25.7. The summed E-state index contributed by atoms with van der Waals surface area (Å²) in [5.41, 5.74) is 0.378. The Balaban J connectivity index is 1.65. The van der Waals surface area contributed by atoms with Crippen molar-refractivity contribution in [2.75, 3.05) is 31.2 Å². The topological polar surface area (TPSA) is 96.4 Å². The SMILES string of the molecule is Cc1cccc(C)c1N1CC=C[C@]23O[C@]4(C)C=CCCOC(=O)[C@@H]4[C@H]2C(=O)N(CCCCO)C3C1=O. The molecule has 4 heterocycles. The molecule has 2 amide bonds.